The molecule has 2 heterocycles. The topological polar surface area (TPSA) is 43.3 Å². The Morgan fingerprint density at radius 1 is 1.50 bits per heavy atom. The molecule has 0 saturated carbocycles. The molecule has 0 aliphatic heterocycles. The lowest BCUT2D eigenvalue weighted by atomic mass is 10.4. The van der Waals surface area contributed by atoms with Gasteiger partial charge in [0, 0.05) is 11.9 Å². The molecule has 0 aromatic carbocycles. The van der Waals surface area contributed by atoms with Gasteiger partial charge in [-0.15, -0.1) is 0 Å². The first-order valence-electron chi connectivity index (χ1n) is 3.58. The molecule has 3 nitrogen and oxygen atoms in total. The summed E-state index contributed by atoms with van der Waals surface area (Å²) in [6.45, 7) is 1.99. The summed E-state index contributed by atoms with van der Waals surface area (Å²) in [5.74, 6) is 0. The standard InChI is InChI=1S/C8H8BrN3/c1-5-4-11-8-6(10)2-3-7(9)12(5)8/h2-4H,10H2,1H3. The first-order chi connectivity index (χ1) is 5.70. The van der Waals surface area contributed by atoms with E-state index in [-0.39, 0.29) is 0 Å². The lowest BCUT2D eigenvalue weighted by Gasteiger charge is -2.01. The zero-order chi connectivity index (χ0) is 8.72. The molecule has 0 aliphatic rings. The van der Waals surface area contributed by atoms with Crippen molar-refractivity contribution in [1.29, 1.82) is 0 Å². The molecule has 0 atom stereocenters. The number of imidazole rings is 1. The summed E-state index contributed by atoms with van der Waals surface area (Å²) in [5.41, 5.74) is 8.32. The van der Waals surface area contributed by atoms with Gasteiger partial charge in [0.15, 0.2) is 5.65 Å². The van der Waals surface area contributed by atoms with Gasteiger partial charge in [-0.3, -0.25) is 4.40 Å². The van der Waals surface area contributed by atoms with E-state index < -0.39 is 0 Å². The van der Waals surface area contributed by atoms with Gasteiger partial charge in [0.2, 0.25) is 0 Å². The number of rotatable bonds is 0. The predicted molar refractivity (Wildman–Crippen MR) is 52.0 cm³/mol. The molecule has 4 heteroatoms. The average Bonchev–Trinajstić information content (AvgIpc) is 2.42. The molecule has 2 rings (SSSR count). The lowest BCUT2D eigenvalue weighted by Crippen LogP contribution is -1.94. The Bertz CT molecular complexity index is 433. The molecule has 2 aromatic rings. The summed E-state index contributed by atoms with van der Waals surface area (Å²) in [6, 6.07) is 3.75. The molecule has 12 heavy (non-hydrogen) atoms. The van der Waals surface area contributed by atoms with Crippen LogP contribution in [0.3, 0.4) is 0 Å². The van der Waals surface area contributed by atoms with E-state index in [2.05, 4.69) is 20.9 Å². The average molecular weight is 226 g/mol. The molecular formula is C8H8BrN3. The van der Waals surface area contributed by atoms with Crippen LogP contribution in [0.2, 0.25) is 0 Å². The third kappa shape index (κ3) is 0.914. The molecule has 0 amide bonds. The Morgan fingerprint density at radius 3 is 2.92 bits per heavy atom. The van der Waals surface area contributed by atoms with Crippen molar-refractivity contribution in [3.8, 4) is 0 Å². The van der Waals surface area contributed by atoms with Gasteiger partial charge in [0.25, 0.3) is 0 Å². The van der Waals surface area contributed by atoms with Gasteiger partial charge in [0.05, 0.1) is 10.3 Å². The SMILES string of the molecule is Cc1cnc2c(N)ccc(Br)n12. The van der Waals surface area contributed by atoms with E-state index in [1.165, 1.54) is 0 Å². The minimum absolute atomic E-state index is 0.700. The number of halogens is 1. The Labute approximate surface area is 78.3 Å². The summed E-state index contributed by atoms with van der Waals surface area (Å²) < 4.78 is 2.94. The van der Waals surface area contributed by atoms with Crippen molar-refractivity contribution in [2.75, 3.05) is 5.73 Å². The van der Waals surface area contributed by atoms with Crippen molar-refractivity contribution >= 4 is 27.3 Å². The molecule has 0 radical (unpaired) electrons. The van der Waals surface area contributed by atoms with Crippen molar-refractivity contribution in [2.45, 2.75) is 6.92 Å². The van der Waals surface area contributed by atoms with Crippen LogP contribution in [0.25, 0.3) is 5.65 Å². The zero-order valence-corrected chi connectivity index (χ0v) is 8.17. The van der Waals surface area contributed by atoms with Crippen LogP contribution in [0.15, 0.2) is 22.9 Å². The quantitative estimate of drug-likeness (QED) is 0.698. The number of aromatic nitrogens is 2. The molecule has 0 fully saturated rings. The number of fused-ring (bicyclic) bond motifs is 1. The van der Waals surface area contributed by atoms with Gasteiger partial charge >= 0.3 is 0 Å². The number of nitrogen functional groups attached to an aromatic ring is 1. The number of anilines is 1. The third-order valence-corrected chi connectivity index (χ3v) is 2.43. The van der Waals surface area contributed by atoms with Crippen LogP contribution in [0.5, 0.6) is 0 Å². The van der Waals surface area contributed by atoms with E-state index in [0.717, 1.165) is 15.9 Å². The summed E-state index contributed by atoms with van der Waals surface area (Å²) in [6.07, 6.45) is 1.80. The molecule has 2 aromatic heterocycles. The van der Waals surface area contributed by atoms with Crippen LogP contribution in [-0.2, 0) is 0 Å². The molecule has 62 valence electrons. The fourth-order valence-corrected chi connectivity index (χ4v) is 1.80. The smallest absolute Gasteiger partial charge is 0.161 e. The number of nitrogens with zero attached hydrogens (tertiary/aromatic N) is 2. The summed E-state index contributed by atoms with van der Waals surface area (Å²) >= 11 is 3.43. The number of hydrogen-bond acceptors (Lipinski definition) is 2. The largest absolute Gasteiger partial charge is 0.396 e. The highest BCUT2D eigenvalue weighted by Crippen LogP contribution is 2.20. The number of aryl methyl sites for hydroxylation is 1. The van der Waals surface area contributed by atoms with E-state index in [0.29, 0.717) is 5.69 Å². The van der Waals surface area contributed by atoms with Gasteiger partial charge < -0.3 is 5.73 Å². The lowest BCUT2D eigenvalue weighted by molar-refractivity contribution is 1.08. The summed E-state index contributed by atoms with van der Waals surface area (Å²) in [5, 5.41) is 0. The highest BCUT2D eigenvalue weighted by molar-refractivity contribution is 9.10. The molecule has 0 bridgehead atoms. The van der Waals surface area contributed by atoms with E-state index in [1.807, 2.05) is 23.5 Å². The van der Waals surface area contributed by atoms with Gasteiger partial charge in [-0.25, -0.2) is 4.98 Å². The molecule has 0 aliphatic carbocycles. The highest BCUT2D eigenvalue weighted by Gasteiger charge is 2.04. The van der Waals surface area contributed by atoms with E-state index in [4.69, 9.17) is 5.73 Å². The maximum absolute atomic E-state index is 5.73. The van der Waals surface area contributed by atoms with Gasteiger partial charge in [0.1, 0.15) is 0 Å². The molecule has 0 unspecified atom stereocenters. The second kappa shape index (κ2) is 2.48. The highest BCUT2D eigenvalue weighted by atomic mass is 79.9. The summed E-state index contributed by atoms with van der Waals surface area (Å²) in [7, 11) is 0. The first-order valence-corrected chi connectivity index (χ1v) is 4.37. The maximum Gasteiger partial charge on any atom is 0.161 e. The Kier molecular flexibility index (Phi) is 1.58. The molecular weight excluding hydrogens is 218 g/mol. The number of nitrogens with two attached hydrogens (primary N) is 1. The van der Waals surface area contributed by atoms with E-state index in [1.54, 1.807) is 6.20 Å². The molecule has 0 spiro atoms. The van der Waals surface area contributed by atoms with Gasteiger partial charge in [-0.2, -0.15) is 0 Å². The van der Waals surface area contributed by atoms with Crippen LogP contribution in [0.1, 0.15) is 5.69 Å². The van der Waals surface area contributed by atoms with Crippen LogP contribution in [-0.4, -0.2) is 9.38 Å². The minimum atomic E-state index is 0.700. The molecule has 2 N–H and O–H groups in total. The molecule has 0 saturated heterocycles. The minimum Gasteiger partial charge on any atom is -0.396 e. The van der Waals surface area contributed by atoms with Crippen LogP contribution < -0.4 is 5.73 Å². The Balaban J connectivity index is 2.98. The van der Waals surface area contributed by atoms with E-state index >= 15 is 0 Å². The number of hydrogen-bond donors (Lipinski definition) is 1. The van der Waals surface area contributed by atoms with Crippen LogP contribution in [0.4, 0.5) is 5.69 Å². The van der Waals surface area contributed by atoms with E-state index in [9.17, 15) is 0 Å². The van der Waals surface area contributed by atoms with Gasteiger partial charge in [-0.05, 0) is 35.0 Å². The first kappa shape index (κ1) is 7.61. The van der Waals surface area contributed by atoms with Crippen molar-refractivity contribution in [3.05, 3.63) is 28.6 Å². The van der Waals surface area contributed by atoms with Crippen molar-refractivity contribution in [3.63, 3.8) is 0 Å². The number of pyridine rings is 1. The Morgan fingerprint density at radius 2 is 2.25 bits per heavy atom. The normalized spacial score (nSPS) is 10.8. The Hall–Kier alpha value is -1.03. The monoisotopic (exact) mass is 225 g/mol. The second-order valence-electron chi connectivity index (χ2n) is 2.67. The fraction of sp³-hybridized carbons (Fsp3) is 0.125. The van der Waals surface area contributed by atoms with Crippen molar-refractivity contribution in [2.24, 2.45) is 0 Å². The maximum atomic E-state index is 5.73. The third-order valence-electron chi connectivity index (χ3n) is 1.81. The zero-order valence-electron chi connectivity index (χ0n) is 6.58. The fourth-order valence-electron chi connectivity index (χ4n) is 1.22. The second-order valence-corrected chi connectivity index (χ2v) is 3.48. The summed E-state index contributed by atoms with van der Waals surface area (Å²) in [4.78, 5) is 4.19. The van der Waals surface area contributed by atoms with Gasteiger partial charge in [-0.1, -0.05) is 0 Å². The van der Waals surface area contributed by atoms with Crippen LogP contribution >= 0.6 is 15.9 Å². The predicted octanol–water partition coefficient (Wildman–Crippen LogP) is 1.99. The van der Waals surface area contributed by atoms with Crippen molar-refractivity contribution in [1.82, 2.24) is 9.38 Å². The van der Waals surface area contributed by atoms with Crippen LogP contribution in [0, 0.1) is 6.92 Å². The van der Waals surface area contributed by atoms with Crippen molar-refractivity contribution < 1.29 is 0 Å².